The van der Waals surface area contributed by atoms with Gasteiger partial charge in [-0.3, -0.25) is 20.4 Å². The Hall–Kier alpha value is -3.24. The Bertz CT molecular complexity index is 1200. The van der Waals surface area contributed by atoms with Crippen LogP contribution in [0, 0.1) is 0 Å². The van der Waals surface area contributed by atoms with E-state index < -0.39 is 27.7 Å². The minimum atomic E-state index is -4.62. The van der Waals surface area contributed by atoms with E-state index in [0.717, 1.165) is 12.1 Å². The highest BCUT2D eigenvalue weighted by molar-refractivity contribution is 7.92. The quantitative estimate of drug-likeness (QED) is 0.447. The van der Waals surface area contributed by atoms with Crippen LogP contribution in [0.5, 0.6) is 0 Å². The van der Waals surface area contributed by atoms with Crippen LogP contribution in [0.3, 0.4) is 0 Å². The van der Waals surface area contributed by atoms with Gasteiger partial charge in [0.2, 0.25) is 0 Å². The molecule has 0 aromatic heterocycles. The molecule has 6 nitrogen and oxygen atoms in total. The highest BCUT2D eigenvalue weighted by Gasteiger charge is 2.33. The van der Waals surface area contributed by atoms with Crippen molar-refractivity contribution in [3.63, 3.8) is 0 Å². The van der Waals surface area contributed by atoms with E-state index in [0.29, 0.717) is 5.02 Å². The van der Waals surface area contributed by atoms with Crippen molar-refractivity contribution < 1.29 is 26.4 Å². The van der Waals surface area contributed by atoms with Gasteiger partial charge in [-0.2, -0.15) is 13.2 Å². The zero-order chi connectivity index (χ0) is 22.6. The largest absolute Gasteiger partial charge is 0.418 e. The van der Waals surface area contributed by atoms with Gasteiger partial charge >= 0.3 is 6.18 Å². The van der Waals surface area contributed by atoms with Crippen molar-refractivity contribution in [3.05, 3.63) is 88.9 Å². The van der Waals surface area contributed by atoms with Gasteiger partial charge in [0.15, 0.2) is 0 Å². The molecule has 0 unspecified atom stereocenters. The van der Waals surface area contributed by atoms with Crippen LogP contribution in [0.1, 0.15) is 15.9 Å². The summed E-state index contributed by atoms with van der Waals surface area (Å²) in [6.07, 6.45) is -4.62. The minimum absolute atomic E-state index is 0.0548. The molecule has 1 amide bonds. The standard InChI is InChI=1S/C20H15ClF3N3O3S/c21-13-9-11-14(12-10-13)31(29,30)27-17-7-3-1-5-15(17)19(28)26-25-18-8-4-2-6-16(18)20(22,23)24/h1-12,25,27H,(H,26,28). The van der Waals surface area contributed by atoms with E-state index in [1.807, 2.05) is 0 Å². The maximum Gasteiger partial charge on any atom is 0.418 e. The van der Waals surface area contributed by atoms with Crippen LogP contribution >= 0.6 is 11.6 Å². The van der Waals surface area contributed by atoms with E-state index in [1.165, 1.54) is 60.7 Å². The molecule has 0 saturated carbocycles. The first-order valence-electron chi connectivity index (χ1n) is 8.68. The highest BCUT2D eigenvalue weighted by Crippen LogP contribution is 2.34. The lowest BCUT2D eigenvalue weighted by Crippen LogP contribution is -2.31. The molecule has 3 aromatic carbocycles. The third-order valence-electron chi connectivity index (χ3n) is 4.08. The molecule has 0 radical (unpaired) electrons. The number of halogens is 4. The maximum absolute atomic E-state index is 13.1. The molecule has 0 bridgehead atoms. The van der Waals surface area contributed by atoms with E-state index in [-0.39, 0.29) is 21.8 Å². The van der Waals surface area contributed by atoms with Crippen LogP contribution in [0.25, 0.3) is 0 Å². The van der Waals surface area contributed by atoms with Crippen LogP contribution in [-0.2, 0) is 16.2 Å². The first kappa shape index (κ1) is 22.4. The van der Waals surface area contributed by atoms with Gasteiger partial charge in [-0.25, -0.2) is 8.42 Å². The fourth-order valence-electron chi connectivity index (χ4n) is 2.62. The number of carbonyl (C=O) groups is 1. The van der Waals surface area contributed by atoms with Crippen LogP contribution < -0.4 is 15.6 Å². The number of carbonyl (C=O) groups excluding carboxylic acids is 1. The average molecular weight is 470 g/mol. The van der Waals surface area contributed by atoms with Crippen molar-refractivity contribution in [3.8, 4) is 0 Å². The molecule has 0 atom stereocenters. The van der Waals surface area contributed by atoms with E-state index in [4.69, 9.17) is 11.6 Å². The average Bonchev–Trinajstić information content (AvgIpc) is 2.72. The summed E-state index contributed by atoms with van der Waals surface area (Å²) in [5.74, 6) is -0.841. The Balaban J connectivity index is 1.81. The Labute approximate surface area is 181 Å². The number of rotatable bonds is 6. The van der Waals surface area contributed by atoms with Crippen molar-refractivity contribution in [2.75, 3.05) is 10.1 Å². The molecule has 0 aliphatic heterocycles. The third-order valence-corrected chi connectivity index (χ3v) is 5.72. The summed E-state index contributed by atoms with van der Waals surface area (Å²) in [4.78, 5) is 12.5. The van der Waals surface area contributed by atoms with Crippen LogP contribution in [-0.4, -0.2) is 14.3 Å². The first-order valence-corrected chi connectivity index (χ1v) is 10.5. The fraction of sp³-hybridized carbons (Fsp3) is 0.0500. The fourth-order valence-corrected chi connectivity index (χ4v) is 3.82. The molecule has 0 spiro atoms. The molecule has 3 N–H and O–H groups in total. The van der Waals surface area contributed by atoms with Crippen LogP contribution in [0.4, 0.5) is 24.5 Å². The van der Waals surface area contributed by atoms with Gasteiger partial charge in [0, 0.05) is 5.02 Å². The number of hydrazine groups is 1. The molecule has 162 valence electrons. The molecule has 0 aliphatic rings. The Kier molecular flexibility index (Phi) is 6.42. The van der Waals surface area contributed by atoms with Gasteiger partial charge in [0.25, 0.3) is 15.9 Å². The van der Waals surface area contributed by atoms with Crippen molar-refractivity contribution in [2.45, 2.75) is 11.1 Å². The zero-order valence-electron chi connectivity index (χ0n) is 15.6. The number of nitrogens with one attached hydrogen (secondary N) is 3. The number of sulfonamides is 1. The number of para-hydroxylation sites is 2. The van der Waals surface area contributed by atoms with Gasteiger partial charge in [0.05, 0.1) is 27.4 Å². The highest BCUT2D eigenvalue weighted by atomic mass is 35.5. The first-order chi connectivity index (χ1) is 14.6. The zero-order valence-corrected chi connectivity index (χ0v) is 17.1. The molecule has 31 heavy (non-hydrogen) atoms. The molecule has 0 aliphatic carbocycles. The summed E-state index contributed by atoms with van der Waals surface area (Å²) in [7, 11) is -4.04. The molecular weight excluding hydrogens is 455 g/mol. The van der Waals surface area contributed by atoms with E-state index in [2.05, 4.69) is 15.6 Å². The molecule has 3 aromatic rings. The van der Waals surface area contributed by atoms with E-state index in [9.17, 15) is 26.4 Å². The third kappa shape index (κ3) is 5.47. The minimum Gasteiger partial charge on any atom is -0.298 e. The topological polar surface area (TPSA) is 87.3 Å². The summed E-state index contributed by atoms with van der Waals surface area (Å²) in [6, 6.07) is 15.7. The number of benzene rings is 3. The molecule has 3 rings (SSSR count). The predicted octanol–water partition coefficient (Wildman–Crippen LogP) is 4.92. The summed E-state index contributed by atoms with van der Waals surface area (Å²) < 4.78 is 66.8. The monoisotopic (exact) mass is 469 g/mol. The molecular formula is C20H15ClF3N3O3S. The van der Waals surface area contributed by atoms with Crippen molar-refractivity contribution in [2.24, 2.45) is 0 Å². The van der Waals surface area contributed by atoms with Gasteiger partial charge in [-0.15, -0.1) is 0 Å². The number of alkyl halides is 3. The molecule has 0 saturated heterocycles. The van der Waals surface area contributed by atoms with Gasteiger partial charge in [-0.1, -0.05) is 35.9 Å². The van der Waals surface area contributed by atoms with E-state index >= 15 is 0 Å². The lowest BCUT2D eigenvalue weighted by Gasteiger charge is -2.16. The Morgan fingerprint density at radius 2 is 1.42 bits per heavy atom. The molecule has 0 fully saturated rings. The summed E-state index contributed by atoms with van der Waals surface area (Å²) in [5, 5.41) is 0.351. The lowest BCUT2D eigenvalue weighted by molar-refractivity contribution is -0.137. The number of hydrogen-bond acceptors (Lipinski definition) is 4. The smallest absolute Gasteiger partial charge is 0.298 e. The Morgan fingerprint density at radius 3 is 2.06 bits per heavy atom. The van der Waals surface area contributed by atoms with Gasteiger partial charge in [-0.05, 0) is 48.5 Å². The second-order valence-electron chi connectivity index (χ2n) is 6.23. The summed E-state index contributed by atoms with van der Waals surface area (Å²) in [6.45, 7) is 0. The van der Waals surface area contributed by atoms with Crippen LogP contribution in [0.15, 0.2) is 77.7 Å². The Morgan fingerprint density at radius 1 is 0.839 bits per heavy atom. The van der Waals surface area contributed by atoms with Crippen molar-refractivity contribution >= 4 is 38.9 Å². The van der Waals surface area contributed by atoms with Gasteiger partial charge in [0.1, 0.15) is 0 Å². The maximum atomic E-state index is 13.1. The lowest BCUT2D eigenvalue weighted by atomic mass is 10.1. The summed E-state index contributed by atoms with van der Waals surface area (Å²) in [5.41, 5.74) is 2.92. The normalized spacial score (nSPS) is 11.6. The second-order valence-corrected chi connectivity index (χ2v) is 8.35. The van der Waals surface area contributed by atoms with Crippen molar-refractivity contribution in [1.29, 1.82) is 0 Å². The van der Waals surface area contributed by atoms with E-state index in [1.54, 1.807) is 0 Å². The summed E-state index contributed by atoms with van der Waals surface area (Å²) >= 11 is 5.77. The van der Waals surface area contributed by atoms with Crippen molar-refractivity contribution in [1.82, 2.24) is 5.43 Å². The second kappa shape index (κ2) is 8.86. The van der Waals surface area contributed by atoms with Gasteiger partial charge < -0.3 is 0 Å². The SMILES string of the molecule is O=C(NNc1ccccc1C(F)(F)F)c1ccccc1NS(=O)(=O)c1ccc(Cl)cc1. The predicted molar refractivity (Wildman–Crippen MR) is 111 cm³/mol. The van der Waals surface area contributed by atoms with Crippen LogP contribution in [0.2, 0.25) is 5.02 Å². The number of amides is 1. The number of hydrogen-bond donors (Lipinski definition) is 3. The molecule has 0 heterocycles. The number of anilines is 2. The molecule has 11 heteroatoms.